The molecule has 0 unspecified atom stereocenters. The maximum Gasteiger partial charge on any atom is 0.119 e. The van der Waals surface area contributed by atoms with Crippen LogP contribution >= 0.6 is 0 Å². The van der Waals surface area contributed by atoms with Crippen LogP contribution in [0, 0.1) is 35.5 Å². The first-order chi connectivity index (χ1) is 33.1. The lowest BCUT2D eigenvalue weighted by atomic mass is 9.78. The number of rotatable bonds is 25. The van der Waals surface area contributed by atoms with Crippen LogP contribution in [0.3, 0.4) is 0 Å². The van der Waals surface area contributed by atoms with Crippen LogP contribution in [0.4, 0.5) is 0 Å². The summed E-state index contributed by atoms with van der Waals surface area (Å²) in [5.74, 6) is 18.3. The van der Waals surface area contributed by atoms with Crippen LogP contribution < -0.4 is 9.47 Å². The average molecular weight is 903 g/mol. The number of aryl methyl sites for hydroxylation is 2. The van der Waals surface area contributed by atoms with Gasteiger partial charge in [0.2, 0.25) is 0 Å². The van der Waals surface area contributed by atoms with Gasteiger partial charge in [-0.05, 0) is 173 Å². The summed E-state index contributed by atoms with van der Waals surface area (Å²) in [6, 6.07) is 35.7. The van der Waals surface area contributed by atoms with E-state index in [0.29, 0.717) is 23.7 Å². The molecular weight excluding hydrogens is 813 g/mol. The first kappa shape index (κ1) is 53.6. The fourth-order valence-corrected chi connectivity index (χ4v) is 9.82. The minimum absolute atomic E-state index is 0.535. The minimum atomic E-state index is 0.535. The van der Waals surface area contributed by atoms with E-state index in [2.05, 4.69) is 148 Å². The molecule has 0 heterocycles. The Morgan fingerprint density at radius 3 is 1.04 bits per heavy atom. The zero-order valence-corrected chi connectivity index (χ0v) is 42.9. The van der Waals surface area contributed by atoms with Gasteiger partial charge in [0.05, 0.1) is 13.2 Å². The molecule has 362 valence electrons. The number of unbranched alkanes of at least 4 members (excludes halogenated alkanes) is 13. The molecular formula is C65H90O2. The van der Waals surface area contributed by atoms with Crippen LogP contribution in [0.1, 0.15) is 233 Å². The van der Waals surface area contributed by atoms with Crippen molar-refractivity contribution < 1.29 is 9.47 Å². The van der Waals surface area contributed by atoms with Gasteiger partial charge in [-0.2, -0.15) is 0 Å². The Hall–Kier alpha value is -4.40. The summed E-state index contributed by atoms with van der Waals surface area (Å²) >= 11 is 0. The fourth-order valence-electron chi connectivity index (χ4n) is 9.82. The maximum atomic E-state index is 5.85. The molecule has 0 radical (unpaired) electrons. The van der Waals surface area contributed by atoms with Crippen molar-refractivity contribution in [2.45, 2.75) is 213 Å². The predicted molar refractivity (Wildman–Crippen MR) is 289 cm³/mol. The first-order valence-corrected chi connectivity index (χ1v) is 27.7. The van der Waals surface area contributed by atoms with Crippen LogP contribution in [0.5, 0.6) is 11.5 Å². The van der Waals surface area contributed by atoms with E-state index in [1.54, 1.807) is 0 Å². The molecule has 2 saturated carbocycles. The molecule has 4 aromatic rings. The normalized spacial score (nSPS) is 17.8. The number of benzene rings is 4. The molecule has 0 saturated heterocycles. The Bertz CT molecular complexity index is 1970. The van der Waals surface area contributed by atoms with Crippen molar-refractivity contribution in [1.29, 1.82) is 0 Å². The van der Waals surface area contributed by atoms with E-state index in [1.165, 1.54) is 183 Å². The third kappa shape index (κ3) is 21.6. The summed E-state index contributed by atoms with van der Waals surface area (Å²) in [4.78, 5) is 0. The lowest BCUT2D eigenvalue weighted by molar-refractivity contribution is 0.305. The van der Waals surface area contributed by atoms with Gasteiger partial charge >= 0.3 is 0 Å². The number of hydrogen-bond acceptors (Lipinski definition) is 2. The summed E-state index contributed by atoms with van der Waals surface area (Å²) in [6.45, 7) is 10.7. The Labute approximate surface area is 411 Å². The summed E-state index contributed by atoms with van der Waals surface area (Å²) in [6.07, 6.45) is 34.5. The van der Waals surface area contributed by atoms with Crippen molar-refractivity contribution in [3.05, 3.63) is 130 Å². The van der Waals surface area contributed by atoms with Crippen LogP contribution in [0.15, 0.2) is 97.1 Å². The Morgan fingerprint density at radius 1 is 0.358 bits per heavy atom. The van der Waals surface area contributed by atoms with Gasteiger partial charge in [-0.25, -0.2) is 0 Å². The topological polar surface area (TPSA) is 18.5 Å². The van der Waals surface area contributed by atoms with E-state index in [9.17, 15) is 0 Å². The van der Waals surface area contributed by atoms with Gasteiger partial charge in [0.1, 0.15) is 11.5 Å². The predicted octanol–water partition coefficient (Wildman–Crippen LogP) is 18.6. The molecule has 2 aliphatic carbocycles. The summed E-state index contributed by atoms with van der Waals surface area (Å²) in [5.41, 5.74) is 8.28. The van der Waals surface area contributed by atoms with Crippen molar-refractivity contribution >= 4 is 0 Å². The largest absolute Gasteiger partial charge is 0.494 e. The number of ether oxygens (including phenoxy) is 2. The van der Waals surface area contributed by atoms with Crippen LogP contribution in [0.25, 0.3) is 0 Å². The zero-order valence-electron chi connectivity index (χ0n) is 42.9. The quantitative estimate of drug-likeness (QED) is 0.0487. The van der Waals surface area contributed by atoms with Crippen LogP contribution in [-0.4, -0.2) is 13.2 Å². The van der Waals surface area contributed by atoms with E-state index in [-0.39, 0.29) is 0 Å². The molecule has 0 bridgehead atoms. The molecule has 0 atom stereocenters. The van der Waals surface area contributed by atoms with Crippen LogP contribution in [-0.2, 0) is 12.8 Å². The highest BCUT2D eigenvalue weighted by Crippen LogP contribution is 2.37. The molecule has 0 spiro atoms. The summed E-state index contributed by atoms with van der Waals surface area (Å²) in [7, 11) is 0. The van der Waals surface area contributed by atoms with Gasteiger partial charge in [-0.3, -0.25) is 0 Å². The average Bonchev–Trinajstić information content (AvgIpc) is 3.38. The zero-order chi connectivity index (χ0) is 47.0. The highest BCUT2D eigenvalue weighted by Gasteiger charge is 2.22. The van der Waals surface area contributed by atoms with E-state index in [0.717, 1.165) is 48.7 Å². The second kappa shape index (κ2) is 33.2. The standard InChI is InChI=1S/C33H46O.C32H44O/c1-3-5-7-9-10-12-28-15-21-31(22-16-28)32-23-17-29(18-24-32)13-14-30-19-25-33(26-20-30)34-27-11-8-6-4-2;1-3-5-7-9-11-27-14-20-30(21-15-27)31-22-16-28(17-23-31)12-13-29-18-24-32(25-19-29)33-26-10-8-6-4-2/h15-16,19-22,25-26,29,32H,3-12,17-18,23-24,27H2,1-2H3;14-15,18-21,24-25,28,31H,3-11,16-17,22-23,26H2,1-2H3/t29-,32-;28-,31-. The lowest BCUT2D eigenvalue weighted by Gasteiger charge is -2.26. The highest BCUT2D eigenvalue weighted by molar-refractivity contribution is 5.40. The van der Waals surface area contributed by atoms with Gasteiger partial charge in [0.25, 0.3) is 0 Å². The van der Waals surface area contributed by atoms with E-state index >= 15 is 0 Å². The van der Waals surface area contributed by atoms with Crippen molar-refractivity contribution in [3.8, 4) is 35.2 Å². The molecule has 2 fully saturated rings. The molecule has 2 aliphatic rings. The van der Waals surface area contributed by atoms with Gasteiger partial charge < -0.3 is 9.47 Å². The molecule has 0 N–H and O–H groups in total. The van der Waals surface area contributed by atoms with Crippen molar-refractivity contribution in [1.82, 2.24) is 0 Å². The van der Waals surface area contributed by atoms with Crippen molar-refractivity contribution in [3.63, 3.8) is 0 Å². The molecule has 4 aromatic carbocycles. The third-order valence-electron chi connectivity index (χ3n) is 14.3. The van der Waals surface area contributed by atoms with Crippen molar-refractivity contribution in [2.24, 2.45) is 11.8 Å². The maximum absolute atomic E-state index is 5.85. The van der Waals surface area contributed by atoms with Gasteiger partial charge in [-0.1, -0.05) is 183 Å². The molecule has 6 rings (SSSR count). The SMILES string of the molecule is CCCCCCCc1ccc([C@H]2CC[C@H](C#Cc3ccc(OCCCCCC)cc3)CC2)cc1.CCCCCCOc1ccc(C#C[C@H]2CC[C@H](c3ccc(CCCCCC)cc3)CC2)cc1. The second-order valence-electron chi connectivity index (χ2n) is 20.0. The number of hydrogen-bond donors (Lipinski definition) is 0. The molecule has 0 amide bonds. The monoisotopic (exact) mass is 903 g/mol. The molecule has 67 heavy (non-hydrogen) atoms. The van der Waals surface area contributed by atoms with Crippen molar-refractivity contribution in [2.75, 3.05) is 13.2 Å². The summed E-state index contributed by atoms with van der Waals surface area (Å²) in [5, 5.41) is 0. The summed E-state index contributed by atoms with van der Waals surface area (Å²) < 4.78 is 11.7. The highest BCUT2D eigenvalue weighted by atomic mass is 16.5. The molecule has 2 nitrogen and oxygen atoms in total. The van der Waals surface area contributed by atoms with E-state index < -0.39 is 0 Å². The second-order valence-corrected chi connectivity index (χ2v) is 20.0. The fraction of sp³-hybridized carbons (Fsp3) is 0.569. The smallest absolute Gasteiger partial charge is 0.119 e. The first-order valence-electron chi connectivity index (χ1n) is 27.7. The van der Waals surface area contributed by atoms with E-state index in [1.807, 2.05) is 0 Å². The van der Waals surface area contributed by atoms with Gasteiger partial charge in [0, 0.05) is 23.0 Å². The Balaban J connectivity index is 0.000000251. The Kier molecular flexibility index (Phi) is 26.5. The van der Waals surface area contributed by atoms with E-state index in [4.69, 9.17) is 9.47 Å². The lowest BCUT2D eigenvalue weighted by Crippen LogP contribution is -2.12. The van der Waals surface area contributed by atoms with Crippen LogP contribution in [0.2, 0.25) is 0 Å². The Morgan fingerprint density at radius 2 is 0.687 bits per heavy atom. The van der Waals surface area contributed by atoms with Gasteiger partial charge in [0.15, 0.2) is 0 Å². The third-order valence-corrected chi connectivity index (χ3v) is 14.3. The minimum Gasteiger partial charge on any atom is -0.494 e. The molecule has 2 heteroatoms. The molecule has 0 aliphatic heterocycles. The molecule has 0 aromatic heterocycles. The van der Waals surface area contributed by atoms with Gasteiger partial charge in [-0.15, -0.1) is 0 Å².